The standard InChI is InChI=1S/C20H29N3O5/c1-2-16(22-20(27)21-11-7-10-19(25)26)15-8-3-4-9-17(15)28-14-18(24)23-12-5-6-13-23/h3-4,8-9,16H,2,5-7,10-14H2,1H3,(H,25,26)(H2,21,22,27). The maximum Gasteiger partial charge on any atom is 0.315 e. The second-order valence-corrected chi connectivity index (χ2v) is 6.77. The molecule has 3 amide bonds. The number of rotatable bonds is 10. The Hall–Kier alpha value is -2.77. The average Bonchev–Trinajstić information content (AvgIpc) is 3.23. The van der Waals surface area contributed by atoms with E-state index >= 15 is 0 Å². The first-order valence-corrected chi connectivity index (χ1v) is 9.77. The Morgan fingerprint density at radius 2 is 1.93 bits per heavy atom. The van der Waals surface area contributed by atoms with E-state index in [0.717, 1.165) is 31.5 Å². The van der Waals surface area contributed by atoms with E-state index in [1.807, 2.05) is 30.0 Å². The van der Waals surface area contributed by atoms with Crippen molar-refractivity contribution in [3.63, 3.8) is 0 Å². The van der Waals surface area contributed by atoms with Gasteiger partial charge in [-0.1, -0.05) is 25.1 Å². The number of hydrogen-bond acceptors (Lipinski definition) is 4. The zero-order valence-corrected chi connectivity index (χ0v) is 16.3. The van der Waals surface area contributed by atoms with Crippen LogP contribution in [0.3, 0.4) is 0 Å². The summed E-state index contributed by atoms with van der Waals surface area (Å²) in [4.78, 5) is 36.7. The number of nitrogens with one attached hydrogen (secondary N) is 2. The molecular weight excluding hydrogens is 362 g/mol. The maximum atomic E-state index is 12.2. The van der Waals surface area contributed by atoms with Crippen molar-refractivity contribution in [3.05, 3.63) is 29.8 Å². The van der Waals surface area contributed by atoms with E-state index in [1.54, 1.807) is 6.07 Å². The molecule has 1 aromatic rings. The smallest absolute Gasteiger partial charge is 0.315 e. The van der Waals surface area contributed by atoms with Gasteiger partial charge in [-0.2, -0.15) is 0 Å². The first-order chi connectivity index (χ1) is 13.5. The van der Waals surface area contributed by atoms with Crippen molar-refractivity contribution in [2.75, 3.05) is 26.2 Å². The lowest BCUT2D eigenvalue weighted by Crippen LogP contribution is -2.38. The monoisotopic (exact) mass is 391 g/mol. The topological polar surface area (TPSA) is 108 Å². The quantitative estimate of drug-likeness (QED) is 0.531. The first-order valence-electron chi connectivity index (χ1n) is 9.77. The summed E-state index contributed by atoms with van der Waals surface area (Å²) >= 11 is 0. The number of para-hydroxylation sites is 1. The number of carbonyl (C=O) groups excluding carboxylic acids is 2. The molecule has 0 radical (unpaired) electrons. The predicted octanol–water partition coefficient (Wildman–Crippen LogP) is 2.30. The van der Waals surface area contributed by atoms with Crippen molar-refractivity contribution in [3.8, 4) is 5.75 Å². The third-order valence-corrected chi connectivity index (χ3v) is 4.67. The molecule has 28 heavy (non-hydrogen) atoms. The number of aliphatic carboxylic acids is 1. The van der Waals surface area contributed by atoms with Gasteiger partial charge in [0.25, 0.3) is 5.91 Å². The van der Waals surface area contributed by atoms with Gasteiger partial charge in [0.1, 0.15) is 5.75 Å². The van der Waals surface area contributed by atoms with Crippen LogP contribution in [-0.2, 0) is 9.59 Å². The summed E-state index contributed by atoms with van der Waals surface area (Å²) in [5.74, 6) is -0.333. The number of urea groups is 1. The normalized spacial score (nSPS) is 14.4. The van der Waals surface area contributed by atoms with E-state index in [9.17, 15) is 14.4 Å². The molecule has 0 aromatic heterocycles. The molecule has 1 saturated heterocycles. The molecule has 8 nitrogen and oxygen atoms in total. The van der Waals surface area contributed by atoms with Crippen LogP contribution in [0.15, 0.2) is 24.3 Å². The summed E-state index contributed by atoms with van der Waals surface area (Å²) in [5, 5.41) is 14.2. The van der Waals surface area contributed by atoms with E-state index in [1.165, 1.54) is 0 Å². The van der Waals surface area contributed by atoms with Gasteiger partial charge < -0.3 is 25.4 Å². The SMILES string of the molecule is CCC(NC(=O)NCCCC(=O)O)c1ccccc1OCC(=O)N1CCCC1. The summed E-state index contributed by atoms with van der Waals surface area (Å²) in [5.41, 5.74) is 0.805. The van der Waals surface area contributed by atoms with Crippen LogP contribution in [0, 0.1) is 0 Å². The van der Waals surface area contributed by atoms with Gasteiger partial charge in [0.2, 0.25) is 0 Å². The molecule has 0 bridgehead atoms. The molecule has 154 valence electrons. The van der Waals surface area contributed by atoms with Crippen molar-refractivity contribution in [1.29, 1.82) is 0 Å². The zero-order chi connectivity index (χ0) is 20.4. The summed E-state index contributed by atoms with van der Waals surface area (Å²) in [6.07, 6.45) is 3.09. The average molecular weight is 391 g/mol. The van der Waals surface area contributed by atoms with Gasteiger partial charge in [0.05, 0.1) is 6.04 Å². The van der Waals surface area contributed by atoms with Gasteiger partial charge in [0, 0.05) is 31.6 Å². The van der Waals surface area contributed by atoms with Crippen LogP contribution in [0.5, 0.6) is 5.75 Å². The molecule has 1 fully saturated rings. The van der Waals surface area contributed by atoms with Crippen LogP contribution >= 0.6 is 0 Å². The van der Waals surface area contributed by atoms with Crippen molar-refractivity contribution < 1.29 is 24.2 Å². The number of carboxylic acids is 1. The van der Waals surface area contributed by atoms with E-state index in [4.69, 9.17) is 9.84 Å². The number of carboxylic acid groups (broad SMARTS) is 1. The number of amides is 3. The van der Waals surface area contributed by atoms with E-state index in [2.05, 4.69) is 10.6 Å². The predicted molar refractivity (Wildman–Crippen MR) is 104 cm³/mol. The number of benzene rings is 1. The van der Waals surface area contributed by atoms with Crippen molar-refractivity contribution in [1.82, 2.24) is 15.5 Å². The van der Waals surface area contributed by atoms with Gasteiger partial charge >= 0.3 is 12.0 Å². The minimum absolute atomic E-state index is 0.0131. The fourth-order valence-corrected chi connectivity index (χ4v) is 3.15. The van der Waals surface area contributed by atoms with Crippen LogP contribution in [0.4, 0.5) is 4.79 Å². The second-order valence-electron chi connectivity index (χ2n) is 6.77. The van der Waals surface area contributed by atoms with Gasteiger partial charge in [0.15, 0.2) is 6.61 Å². The third kappa shape index (κ3) is 6.75. The highest BCUT2D eigenvalue weighted by Crippen LogP contribution is 2.27. The molecule has 1 aliphatic rings. The van der Waals surface area contributed by atoms with Crippen molar-refractivity contribution in [2.45, 2.75) is 45.1 Å². The van der Waals surface area contributed by atoms with Crippen LogP contribution in [0.1, 0.15) is 50.6 Å². The number of ether oxygens (including phenoxy) is 1. The first kappa shape index (κ1) is 21.5. The van der Waals surface area contributed by atoms with E-state index < -0.39 is 5.97 Å². The highest BCUT2D eigenvalue weighted by atomic mass is 16.5. The van der Waals surface area contributed by atoms with Gasteiger partial charge in [-0.05, 0) is 31.7 Å². The second kappa shape index (κ2) is 11.2. The molecule has 3 N–H and O–H groups in total. The molecule has 1 atom stereocenters. The van der Waals surface area contributed by atoms with Crippen LogP contribution in [0.2, 0.25) is 0 Å². The van der Waals surface area contributed by atoms with Gasteiger partial charge in [-0.15, -0.1) is 0 Å². The molecule has 1 unspecified atom stereocenters. The van der Waals surface area contributed by atoms with Crippen LogP contribution in [0.25, 0.3) is 0 Å². The summed E-state index contributed by atoms with van der Waals surface area (Å²) < 4.78 is 5.77. The Morgan fingerprint density at radius 1 is 1.21 bits per heavy atom. The molecule has 1 aromatic carbocycles. The largest absolute Gasteiger partial charge is 0.483 e. The molecule has 0 saturated carbocycles. The Balaban J connectivity index is 1.91. The minimum atomic E-state index is -0.886. The fourth-order valence-electron chi connectivity index (χ4n) is 3.15. The number of nitrogens with zero attached hydrogens (tertiary/aromatic N) is 1. The highest BCUT2D eigenvalue weighted by Gasteiger charge is 2.20. The Bertz CT molecular complexity index is 674. The molecule has 0 spiro atoms. The number of carbonyl (C=O) groups is 3. The lowest BCUT2D eigenvalue weighted by atomic mass is 10.0. The lowest BCUT2D eigenvalue weighted by molar-refractivity contribution is -0.137. The van der Waals surface area contributed by atoms with Crippen LogP contribution in [-0.4, -0.2) is 54.2 Å². The van der Waals surface area contributed by atoms with Crippen molar-refractivity contribution >= 4 is 17.9 Å². The molecule has 8 heteroatoms. The zero-order valence-electron chi connectivity index (χ0n) is 16.3. The fraction of sp³-hybridized carbons (Fsp3) is 0.550. The molecule has 2 rings (SSSR count). The molecule has 1 heterocycles. The molecular formula is C20H29N3O5. The third-order valence-electron chi connectivity index (χ3n) is 4.67. The lowest BCUT2D eigenvalue weighted by Gasteiger charge is -2.22. The minimum Gasteiger partial charge on any atom is -0.483 e. The van der Waals surface area contributed by atoms with Crippen molar-refractivity contribution in [2.24, 2.45) is 0 Å². The Labute approximate surface area is 165 Å². The van der Waals surface area contributed by atoms with Crippen LogP contribution < -0.4 is 15.4 Å². The van der Waals surface area contributed by atoms with Gasteiger partial charge in [-0.3, -0.25) is 9.59 Å². The van der Waals surface area contributed by atoms with Gasteiger partial charge in [-0.25, -0.2) is 4.79 Å². The Kier molecular flexibility index (Phi) is 8.58. The summed E-state index contributed by atoms with van der Waals surface area (Å²) in [7, 11) is 0. The highest BCUT2D eigenvalue weighted by molar-refractivity contribution is 5.78. The number of likely N-dealkylation sites (tertiary alicyclic amines) is 1. The van der Waals surface area contributed by atoms with E-state index in [-0.39, 0.29) is 37.6 Å². The molecule has 0 aliphatic carbocycles. The number of hydrogen-bond donors (Lipinski definition) is 3. The maximum absolute atomic E-state index is 12.2. The molecule has 1 aliphatic heterocycles. The van der Waals surface area contributed by atoms with E-state index in [0.29, 0.717) is 18.6 Å². The Morgan fingerprint density at radius 3 is 2.61 bits per heavy atom. The summed E-state index contributed by atoms with van der Waals surface area (Å²) in [6, 6.07) is 6.71. The summed E-state index contributed by atoms with van der Waals surface area (Å²) in [6.45, 7) is 3.78.